The number of ether oxygens (including phenoxy) is 3. The van der Waals surface area contributed by atoms with Crippen molar-refractivity contribution in [2.24, 2.45) is 0 Å². The minimum Gasteiger partial charge on any atom is -0.490 e. The van der Waals surface area contributed by atoms with Gasteiger partial charge in [0, 0.05) is 11.6 Å². The molecule has 0 radical (unpaired) electrons. The van der Waals surface area contributed by atoms with Gasteiger partial charge in [-0.3, -0.25) is 20.4 Å². The number of hydrazine groups is 1. The molecule has 2 N–H and O–H groups in total. The third-order valence-corrected chi connectivity index (χ3v) is 5.54. The number of benzene rings is 3. The van der Waals surface area contributed by atoms with Gasteiger partial charge in [-0.2, -0.15) is 0 Å². The lowest BCUT2D eigenvalue weighted by Gasteiger charge is -2.13. The van der Waals surface area contributed by atoms with E-state index in [0.717, 1.165) is 15.2 Å². The van der Waals surface area contributed by atoms with E-state index in [0.29, 0.717) is 29.2 Å². The summed E-state index contributed by atoms with van der Waals surface area (Å²) in [5.41, 5.74) is 4.99. The van der Waals surface area contributed by atoms with Crippen molar-refractivity contribution in [1.82, 2.24) is 10.9 Å². The van der Waals surface area contributed by atoms with E-state index in [1.54, 1.807) is 31.4 Å². The molecule has 3 aromatic rings. The van der Waals surface area contributed by atoms with E-state index >= 15 is 0 Å². The summed E-state index contributed by atoms with van der Waals surface area (Å²) < 4.78 is 17.6. The molecule has 9 heteroatoms. The molecule has 0 fully saturated rings. The van der Waals surface area contributed by atoms with Crippen LogP contribution in [0.4, 0.5) is 0 Å². The number of hydrogen-bond donors (Lipinski definition) is 2. The number of amides is 2. The van der Waals surface area contributed by atoms with Gasteiger partial charge in [0.1, 0.15) is 18.1 Å². The zero-order chi connectivity index (χ0) is 22.2. The summed E-state index contributed by atoms with van der Waals surface area (Å²) in [6.07, 6.45) is 0. The summed E-state index contributed by atoms with van der Waals surface area (Å²) in [6, 6.07) is 16.5. The van der Waals surface area contributed by atoms with Crippen LogP contribution in [0.25, 0.3) is 10.8 Å². The molecule has 0 spiro atoms. The van der Waals surface area contributed by atoms with Gasteiger partial charge in [0.05, 0.1) is 16.6 Å². The summed E-state index contributed by atoms with van der Waals surface area (Å²) >= 11 is 6.84. The molecule has 0 aromatic heterocycles. The largest absolute Gasteiger partial charge is 0.490 e. The minimum atomic E-state index is -0.519. The van der Waals surface area contributed by atoms with Crippen LogP contribution < -0.4 is 20.3 Å². The van der Waals surface area contributed by atoms with Gasteiger partial charge in [-0.25, -0.2) is 0 Å². The zero-order valence-electron chi connectivity index (χ0n) is 16.6. The molecule has 162 valence electrons. The number of methoxy groups -OCH3 is 1. The van der Waals surface area contributed by atoms with Crippen LogP contribution in [0, 0.1) is 0 Å². The van der Waals surface area contributed by atoms with Crippen molar-refractivity contribution < 1.29 is 23.8 Å². The Morgan fingerprint density at radius 1 is 0.903 bits per heavy atom. The summed E-state index contributed by atoms with van der Waals surface area (Å²) in [5.74, 6) is -0.122. The van der Waals surface area contributed by atoms with Crippen LogP contribution in [0.15, 0.2) is 63.5 Å². The molecule has 3 aromatic carbocycles. The molecule has 0 aliphatic carbocycles. The number of rotatable bonds is 8. The van der Waals surface area contributed by atoms with Gasteiger partial charge in [0.2, 0.25) is 0 Å². The van der Waals surface area contributed by atoms with E-state index in [-0.39, 0.29) is 12.2 Å². The fourth-order valence-electron chi connectivity index (χ4n) is 2.74. The lowest BCUT2D eigenvalue weighted by molar-refractivity contribution is -0.123. The molecule has 31 heavy (non-hydrogen) atoms. The van der Waals surface area contributed by atoms with Crippen molar-refractivity contribution in [1.29, 1.82) is 0 Å². The third-order valence-electron chi connectivity index (χ3n) is 4.23. The SMILES string of the molecule is COCCOc1ccc(Br)cc1C(=O)NNC(=O)COc1ccc2ccccc2c1Br. The van der Waals surface area contributed by atoms with Crippen molar-refractivity contribution in [3.05, 3.63) is 69.1 Å². The maximum atomic E-state index is 12.5. The molecule has 2 amide bonds. The van der Waals surface area contributed by atoms with Crippen molar-refractivity contribution in [2.75, 3.05) is 26.9 Å². The molecule has 0 atom stereocenters. The number of hydrogen-bond acceptors (Lipinski definition) is 5. The highest BCUT2D eigenvalue weighted by molar-refractivity contribution is 9.11. The highest BCUT2D eigenvalue weighted by atomic mass is 79.9. The summed E-state index contributed by atoms with van der Waals surface area (Å²) in [6.45, 7) is 0.404. The van der Waals surface area contributed by atoms with Gasteiger partial charge in [-0.1, -0.05) is 46.3 Å². The van der Waals surface area contributed by atoms with E-state index in [4.69, 9.17) is 14.2 Å². The van der Waals surface area contributed by atoms with Crippen LogP contribution in [0.3, 0.4) is 0 Å². The van der Waals surface area contributed by atoms with Crippen LogP contribution in [-0.4, -0.2) is 38.7 Å². The first-order valence-corrected chi connectivity index (χ1v) is 10.9. The van der Waals surface area contributed by atoms with Crippen LogP contribution in [-0.2, 0) is 9.53 Å². The second-order valence-electron chi connectivity index (χ2n) is 6.37. The van der Waals surface area contributed by atoms with Crippen LogP contribution in [0.5, 0.6) is 11.5 Å². The fraction of sp³-hybridized carbons (Fsp3) is 0.182. The Morgan fingerprint density at radius 3 is 2.48 bits per heavy atom. The summed E-state index contributed by atoms with van der Waals surface area (Å²) in [4.78, 5) is 24.7. The van der Waals surface area contributed by atoms with Crippen LogP contribution in [0.2, 0.25) is 0 Å². The van der Waals surface area contributed by atoms with Gasteiger partial charge in [0.15, 0.2) is 6.61 Å². The normalized spacial score (nSPS) is 10.5. The second-order valence-corrected chi connectivity index (χ2v) is 8.08. The summed E-state index contributed by atoms with van der Waals surface area (Å²) in [7, 11) is 1.56. The number of carbonyl (C=O) groups excluding carboxylic acids is 2. The number of fused-ring (bicyclic) bond motifs is 1. The average Bonchev–Trinajstić information content (AvgIpc) is 2.78. The first kappa shape index (κ1) is 23.1. The van der Waals surface area contributed by atoms with E-state index < -0.39 is 11.8 Å². The molecule has 0 saturated carbocycles. The van der Waals surface area contributed by atoms with Crippen molar-refractivity contribution in [3.8, 4) is 11.5 Å². The smallest absolute Gasteiger partial charge is 0.276 e. The standard InChI is InChI=1S/C22H20Br2N2O5/c1-29-10-11-30-18-9-7-15(23)12-17(18)22(28)26-25-20(27)13-31-19-8-6-14-4-2-3-5-16(14)21(19)24/h2-9,12H,10-11,13H2,1H3,(H,25,27)(H,26,28). The maximum absolute atomic E-state index is 12.5. The molecule has 0 bridgehead atoms. The number of halogens is 2. The monoisotopic (exact) mass is 550 g/mol. The number of carbonyl (C=O) groups is 2. The van der Waals surface area contributed by atoms with Gasteiger partial charge >= 0.3 is 0 Å². The predicted octanol–water partition coefficient (Wildman–Crippen LogP) is 4.23. The predicted molar refractivity (Wildman–Crippen MR) is 124 cm³/mol. The molecule has 0 aliphatic heterocycles. The Hall–Kier alpha value is -2.62. The van der Waals surface area contributed by atoms with Gasteiger partial charge in [0.25, 0.3) is 11.8 Å². The minimum absolute atomic E-state index is 0.268. The Bertz CT molecular complexity index is 1090. The zero-order valence-corrected chi connectivity index (χ0v) is 19.8. The van der Waals surface area contributed by atoms with Crippen molar-refractivity contribution in [2.45, 2.75) is 0 Å². The second kappa shape index (κ2) is 11.1. The molecule has 3 rings (SSSR count). The van der Waals surface area contributed by atoms with Crippen LogP contribution >= 0.6 is 31.9 Å². The van der Waals surface area contributed by atoms with E-state index in [9.17, 15) is 9.59 Å². The van der Waals surface area contributed by atoms with Gasteiger partial charge in [-0.15, -0.1) is 0 Å². The maximum Gasteiger partial charge on any atom is 0.276 e. The van der Waals surface area contributed by atoms with Gasteiger partial charge in [-0.05, 0) is 51.0 Å². The molecule has 0 unspecified atom stereocenters. The molecule has 0 heterocycles. The molecule has 0 aliphatic rings. The Morgan fingerprint density at radius 2 is 1.68 bits per heavy atom. The first-order chi connectivity index (χ1) is 15.0. The van der Waals surface area contributed by atoms with Gasteiger partial charge < -0.3 is 14.2 Å². The fourth-order valence-corrected chi connectivity index (χ4v) is 3.71. The lowest BCUT2D eigenvalue weighted by atomic mass is 10.1. The lowest BCUT2D eigenvalue weighted by Crippen LogP contribution is -2.44. The average molecular weight is 552 g/mol. The van der Waals surface area contributed by atoms with E-state index in [1.807, 2.05) is 30.3 Å². The topological polar surface area (TPSA) is 85.9 Å². The van der Waals surface area contributed by atoms with Crippen molar-refractivity contribution >= 4 is 54.4 Å². The first-order valence-electron chi connectivity index (χ1n) is 9.30. The quantitative estimate of drug-likeness (QED) is 0.323. The van der Waals surface area contributed by atoms with E-state index in [2.05, 4.69) is 42.7 Å². The van der Waals surface area contributed by atoms with E-state index in [1.165, 1.54) is 0 Å². The van der Waals surface area contributed by atoms with Crippen molar-refractivity contribution in [3.63, 3.8) is 0 Å². The molecule has 0 saturated heterocycles. The Kier molecular flexibility index (Phi) is 8.27. The molecular weight excluding hydrogens is 532 g/mol. The molecular formula is C22H20Br2N2O5. The highest BCUT2D eigenvalue weighted by Gasteiger charge is 2.15. The highest BCUT2D eigenvalue weighted by Crippen LogP contribution is 2.33. The number of nitrogens with one attached hydrogen (secondary N) is 2. The van der Waals surface area contributed by atoms with Crippen LogP contribution in [0.1, 0.15) is 10.4 Å². The third kappa shape index (κ3) is 6.19. The Balaban J connectivity index is 1.57. The summed E-state index contributed by atoms with van der Waals surface area (Å²) in [5, 5.41) is 2.03. The molecule has 7 nitrogen and oxygen atoms in total. The Labute approximate surface area is 196 Å².